The van der Waals surface area contributed by atoms with Gasteiger partial charge in [-0.3, -0.25) is 0 Å². The molecule has 9 aromatic rings. The van der Waals surface area contributed by atoms with Crippen molar-refractivity contribution in [2.45, 2.75) is 65.2 Å². The van der Waals surface area contributed by atoms with Gasteiger partial charge in [-0.05, 0) is 107 Å². The van der Waals surface area contributed by atoms with Gasteiger partial charge in [0.1, 0.15) is 0 Å². The summed E-state index contributed by atoms with van der Waals surface area (Å²) in [6, 6.07) is 39.4. The van der Waals surface area contributed by atoms with E-state index in [2.05, 4.69) is 162 Å². The predicted molar refractivity (Wildman–Crippen MR) is 234 cm³/mol. The number of thiophene rings is 2. The fourth-order valence-electron chi connectivity index (χ4n) is 9.50. The largest absolute Gasteiger partial charge is 0.353 e. The Balaban J connectivity index is 1.21. The first kappa shape index (κ1) is 31.7. The molecule has 0 bridgehead atoms. The van der Waals surface area contributed by atoms with Gasteiger partial charge in [0.25, 0.3) is 0 Å². The summed E-state index contributed by atoms with van der Waals surface area (Å²) in [6.45, 7) is 14.3. The number of para-hydroxylation sites is 1. The third-order valence-electron chi connectivity index (χ3n) is 12.5. The van der Waals surface area contributed by atoms with Crippen LogP contribution in [0.3, 0.4) is 0 Å². The maximum atomic E-state index is 3.94. The van der Waals surface area contributed by atoms with Gasteiger partial charge in [-0.25, -0.2) is 0 Å². The smallest absolute Gasteiger partial charge is 0.197 e. The van der Waals surface area contributed by atoms with Gasteiger partial charge in [0.15, 0.2) is 7.28 Å². The first-order chi connectivity index (χ1) is 25.6. The summed E-state index contributed by atoms with van der Waals surface area (Å²) in [5, 5.41) is 5.26. The van der Waals surface area contributed by atoms with E-state index in [0.29, 0.717) is 0 Å². The Morgan fingerprint density at radius 2 is 1.28 bits per heavy atom. The number of rotatable bonds is 2. The molecule has 1 radical (unpaired) electrons. The highest BCUT2D eigenvalue weighted by Crippen LogP contribution is 2.50. The summed E-state index contributed by atoms with van der Waals surface area (Å²) in [4.78, 5) is 6.55. The molecule has 53 heavy (non-hydrogen) atoms. The van der Waals surface area contributed by atoms with E-state index in [1.54, 1.807) is 0 Å². The topological polar surface area (TPSA) is 19.0 Å². The number of hydrogen-bond acceptors (Lipinski definition) is 3. The molecule has 0 fully saturated rings. The molecule has 0 saturated carbocycles. The van der Waals surface area contributed by atoms with Crippen molar-refractivity contribution in [1.82, 2.24) is 4.98 Å². The standard InChI is InChI=1S/C48H40BN2S2/c1-26-20-33(29-14-11-15-31-44(29)50-45-30-13-8-10-17-41(30)53-46(31)45)43-39(21-26)51(37-24-35-34(22-27(37)2)47(3,4)18-19-48(35,5)6)38-23-32-28-12-7-9-16-40(28)52-42(32)25-36(38)49-43/h7-17,20-25,50H,18-19H2,1-6H3. The highest BCUT2D eigenvalue weighted by Gasteiger charge is 2.39. The van der Waals surface area contributed by atoms with Crippen LogP contribution in [0, 0.1) is 13.8 Å². The summed E-state index contributed by atoms with van der Waals surface area (Å²) >= 11 is 3.79. The van der Waals surface area contributed by atoms with Crippen LogP contribution >= 0.6 is 22.7 Å². The van der Waals surface area contributed by atoms with E-state index in [1.165, 1.54) is 126 Å². The molecule has 0 unspecified atom stereocenters. The van der Waals surface area contributed by atoms with Gasteiger partial charge >= 0.3 is 0 Å². The first-order valence-electron chi connectivity index (χ1n) is 18.9. The van der Waals surface area contributed by atoms with Crippen molar-refractivity contribution < 1.29 is 0 Å². The molecule has 2 nitrogen and oxygen atoms in total. The highest BCUT2D eigenvalue weighted by atomic mass is 32.1. The lowest BCUT2D eigenvalue weighted by Crippen LogP contribution is -2.41. The number of nitrogens with one attached hydrogen (secondary N) is 1. The van der Waals surface area contributed by atoms with Gasteiger partial charge in [0, 0.05) is 58.3 Å². The minimum atomic E-state index is 0.104. The predicted octanol–water partition coefficient (Wildman–Crippen LogP) is 13.0. The van der Waals surface area contributed by atoms with Crippen molar-refractivity contribution in [3.63, 3.8) is 0 Å². The van der Waals surface area contributed by atoms with Crippen molar-refractivity contribution in [1.29, 1.82) is 0 Å². The van der Waals surface area contributed by atoms with Gasteiger partial charge < -0.3 is 9.88 Å². The van der Waals surface area contributed by atoms with E-state index >= 15 is 0 Å². The van der Waals surface area contributed by atoms with Crippen molar-refractivity contribution in [3.8, 4) is 11.1 Å². The van der Waals surface area contributed by atoms with Crippen LogP contribution in [0.4, 0.5) is 17.1 Å². The molecule has 4 heterocycles. The van der Waals surface area contributed by atoms with Crippen LogP contribution in [-0.4, -0.2) is 12.3 Å². The summed E-state index contributed by atoms with van der Waals surface area (Å²) in [5.41, 5.74) is 17.1. The summed E-state index contributed by atoms with van der Waals surface area (Å²) in [6.07, 6.45) is 2.40. The molecule has 2 aliphatic rings. The van der Waals surface area contributed by atoms with Gasteiger partial charge in [-0.2, -0.15) is 0 Å². The fraction of sp³-hybridized carbons (Fsp3) is 0.208. The van der Waals surface area contributed by atoms with Crippen molar-refractivity contribution >= 4 is 109 Å². The van der Waals surface area contributed by atoms with Gasteiger partial charge in [-0.1, -0.05) is 99.9 Å². The highest BCUT2D eigenvalue weighted by molar-refractivity contribution is 7.27. The van der Waals surface area contributed by atoms with Gasteiger partial charge in [-0.15, -0.1) is 22.7 Å². The molecular formula is C48H40BN2S2. The number of anilines is 3. The van der Waals surface area contributed by atoms with Crippen LogP contribution in [0.25, 0.3) is 62.5 Å². The lowest BCUT2D eigenvalue weighted by Gasteiger charge is -2.44. The number of nitrogens with zero attached hydrogens (tertiary/aromatic N) is 1. The Morgan fingerprint density at radius 3 is 2.08 bits per heavy atom. The molecule has 257 valence electrons. The third kappa shape index (κ3) is 4.50. The molecular weight excluding hydrogens is 679 g/mol. The minimum absolute atomic E-state index is 0.104. The molecule has 0 atom stereocenters. The van der Waals surface area contributed by atoms with E-state index in [-0.39, 0.29) is 10.8 Å². The third-order valence-corrected chi connectivity index (χ3v) is 14.8. The molecule has 5 heteroatoms. The number of aromatic nitrogens is 1. The van der Waals surface area contributed by atoms with E-state index < -0.39 is 0 Å². The summed E-state index contributed by atoms with van der Waals surface area (Å²) < 4.78 is 5.34. The number of aromatic amines is 1. The number of H-pyrrole nitrogens is 1. The minimum Gasteiger partial charge on any atom is -0.353 e. The molecule has 6 aromatic carbocycles. The van der Waals surface area contributed by atoms with Crippen LogP contribution in [-0.2, 0) is 10.8 Å². The monoisotopic (exact) mass is 719 g/mol. The molecule has 1 aliphatic heterocycles. The van der Waals surface area contributed by atoms with Crippen LogP contribution in [0.1, 0.15) is 62.8 Å². The molecule has 0 spiro atoms. The van der Waals surface area contributed by atoms with E-state index in [4.69, 9.17) is 0 Å². The van der Waals surface area contributed by atoms with Gasteiger partial charge in [0.2, 0.25) is 0 Å². The van der Waals surface area contributed by atoms with Crippen LogP contribution in [0.15, 0.2) is 103 Å². The summed E-state index contributed by atoms with van der Waals surface area (Å²) in [7, 11) is 2.47. The maximum Gasteiger partial charge on any atom is 0.197 e. The molecule has 1 N–H and O–H groups in total. The van der Waals surface area contributed by atoms with Gasteiger partial charge in [0.05, 0.1) is 15.7 Å². The second-order valence-electron chi connectivity index (χ2n) is 16.8. The van der Waals surface area contributed by atoms with Crippen LogP contribution in [0.2, 0.25) is 0 Å². The van der Waals surface area contributed by atoms with E-state index in [9.17, 15) is 0 Å². The number of fused-ring (bicyclic) bond motifs is 11. The lowest BCUT2D eigenvalue weighted by atomic mass is 9.57. The second kappa shape index (κ2) is 10.9. The first-order valence-corrected chi connectivity index (χ1v) is 20.5. The second-order valence-corrected chi connectivity index (χ2v) is 19.0. The van der Waals surface area contributed by atoms with Crippen molar-refractivity contribution in [2.75, 3.05) is 4.90 Å². The Kier molecular flexibility index (Phi) is 6.50. The Morgan fingerprint density at radius 1 is 0.585 bits per heavy atom. The van der Waals surface area contributed by atoms with Crippen molar-refractivity contribution in [2.24, 2.45) is 0 Å². The Bertz CT molecular complexity index is 3030. The van der Waals surface area contributed by atoms with Crippen LogP contribution in [0.5, 0.6) is 0 Å². The molecule has 0 saturated heterocycles. The number of aryl methyl sites for hydroxylation is 2. The molecule has 0 amide bonds. The number of benzene rings is 6. The molecule has 11 rings (SSSR count). The number of hydrogen-bond donors (Lipinski definition) is 1. The van der Waals surface area contributed by atoms with E-state index in [1.807, 2.05) is 22.7 Å². The zero-order chi connectivity index (χ0) is 36.0. The molecule has 3 aromatic heterocycles. The Hall–Kier alpha value is -4.84. The average Bonchev–Trinajstić information content (AvgIpc) is 3.81. The lowest BCUT2D eigenvalue weighted by molar-refractivity contribution is 0.332. The zero-order valence-corrected chi connectivity index (χ0v) is 32.7. The molecule has 1 aliphatic carbocycles. The normalized spacial score (nSPS) is 16.0. The Labute approximate surface area is 319 Å². The SMILES string of the molecule is Cc1cc(-c2cccc3c2[nH]c2c4ccccc4sc32)c2c(c1)N(c1cc3c(cc1C)C(C)(C)CCC3(C)C)c1cc3c(cc1[B]2)sc1ccccc13. The fourth-order valence-corrected chi connectivity index (χ4v) is 11.8. The van der Waals surface area contributed by atoms with Crippen LogP contribution < -0.4 is 15.8 Å². The zero-order valence-electron chi connectivity index (χ0n) is 31.1. The maximum absolute atomic E-state index is 3.94. The van der Waals surface area contributed by atoms with Crippen molar-refractivity contribution in [3.05, 3.63) is 125 Å². The quantitative estimate of drug-likeness (QED) is 0.176. The average molecular weight is 720 g/mol. The summed E-state index contributed by atoms with van der Waals surface area (Å²) in [5.74, 6) is 0. The van der Waals surface area contributed by atoms with E-state index in [0.717, 1.165) is 0 Å².